The number of hydrogen-bond acceptors (Lipinski definition) is 4. The van der Waals surface area contributed by atoms with Crippen LogP contribution in [0, 0.1) is 0 Å². The number of likely N-dealkylation sites (tertiary alicyclic amines) is 1. The predicted octanol–water partition coefficient (Wildman–Crippen LogP) is 5.97. The maximum Gasteiger partial charge on any atom is 0.272 e. The number of halogens is 1. The van der Waals surface area contributed by atoms with Crippen molar-refractivity contribution >= 4 is 27.8 Å². The van der Waals surface area contributed by atoms with Crippen LogP contribution in [0.3, 0.4) is 0 Å². The van der Waals surface area contributed by atoms with Crippen LogP contribution in [-0.2, 0) is 23.9 Å². The number of amides is 1. The first kappa shape index (κ1) is 28.9. The van der Waals surface area contributed by atoms with Crippen molar-refractivity contribution in [2.45, 2.75) is 78.3 Å². The molecule has 0 saturated carbocycles. The summed E-state index contributed by atoms with van der Waals surface area (Å²) < 4.78 is 7.96. The molecule has 0 atom stereocenters. The Bertz CT molecular complexity index is 1400. The summed E-state index contributed by atoms with van der Waals surface area (Å²) in [5.74, 6) is 0.0648. The number of nitrogens with zero attached hydrogens (tertiary/aromatic N) is 4. The van der Waals surface area contributed by atoms with Gasteiger partial charge in [-0.05, 0) is 41.4 Å². The fraction of sp³-hybridized carbons (Fsp3) is 0.452. The van der Waals surface area contributed by atoms with E-state index in [1.165, 1.54) is 0 Å². The van der Waals surface area contributed by atoms with Gasteiger partial charge in [0, 0.05) is 36.0 Å². The SMILES string of the molecule is CC(C)(C)c1cc(C(=O)Cn2cc(C(=O)N3CCCC3)n(Cc3ccccc3)/c2=N/Br)cc(C(C)(C)C)c1O. The van der Waals surface area contributed by atoms with E-state index >= 15 is 0 Å². The Morgan fingerprint density at radius 2 is 1.51 bits per heavy atom. The quantitative estimate of drug-likeness (QED) is 0.357. The largest absolute Gasteiger partial charge is 0.507 e. The van der Waals surface area contributed by atoms with Gasteiger partial charge >= 0.3 is 0 Å². The second kappa shape index (κ2) is 11.2. The monoisotopic (exact) mass is 594 g/mol. The third-order valence-corrected chi connectivity index (χ3v) is 7.62. The highest BCUT2D eigenvalue weighted by molar-refractivity contribution is 9.08. The Kier molecular flexibility index (Phi) is 8.26. The summed E-state index contributed by atoms with van der Waals surface area (Å²) in [6, 6.07) is 13.5. The maximum absolute atomic E-state index is 13.8. The average molecular weight is 596 g/mol. The number of benzene rings is 2. The van der Waals surface area contributed by atoms with E-state index in [0.29, 0.717) is 23.4 Å². The van der Waals surface area contributed by atoms with Gasteiger partial charge < -0.3 is 19.1 Å². The molecule has 39 heavy (non-hydrogen) atoms. The molecule has 1 N–H and O–H groups in total. The standard InChI is InChI=1S/C31H39BrN4O3/c1-30(2,3)23-16-22(17-24(27(23)38)31(4,5)6)26(37)20-35-19-25(28(39)34-14-10-11-15-34)36(29(35)33-32)18-21-12-8-7-9-13-21/h7-9,12-13,16-17,19,38H,10-11,14-15,18,20H2,1-6H3/b33-29+. The van der Waals surface area contributed by atoms with Crippen LogP contribution in [-0.4, -0.2) is 43.9 Å². The number of phenols is 1. The van der Waals surface area contributed by atoms with Crippen molar-refractivity contribution in [1.29, 1.82) is 0 Å². The number of carbonyl (C=O) groups is 2. The highest BCUT2D eigenvalue weighted by Crippen LogP contribution is 2.40. The molecule has 1 fully saturated rings. The Hall–Kier alpha value is -3.13. The van der Waals surface area contributed by atoms with Gasteiger partial charge in [0.15, 0.2) is 5.78 Å². The summed E-state index contributed by atoms with van der Waals surface area (Å²) >= 11 is 3.26. The zero-order valence-electron chi connectivity index (χ0n) is 23.8. The molecule has 1 aliphatic rings. The Morgan fingerprint density at radius 1 is 0.949 bits per heavy atom. The summed E-state index contributed by atoms with van der Waals surface area (Å²) in [5.41, 5.74) is 3.32. The molecule has 7 nitrogen and oxygen atoms in total. The number of imidazole rings is 1. The third kappa shape index (κ3) is 6.21. The van der Waals surface area contributed by atoms with Gasteiger partial charge in [-0.2, -0.15) is 4.02 Å². The molecular weight excluding hydrogens is 556 g/mol. The first-order valence-electron chi connectivity index (χ1n) is 13.5. The molecule has 1 saturated heterocycles. The molecule has 2 heterocycles. The minimum absolute atomic E-state index is 0.00441. The number of aromatic hydroxyl groups is 1. The summed E-state index contributed by atoms with van der Waals surface area (Å²) in [6.45, 7) is 14.1. The minimum Gasteiger partial charge on any atom is -0.507 e. The normalized spacial score (nSPS) is 14.7. The smallest absolute Gasteiger partial charge is 0.272 e. The van der Waals surface area contributed by atoms with Gasteiger partial charge in [-0.3, -0.25) is 9.59 Å². The number of phenolic OH excluding ortho intramolecular Hbond substituents is 1. The first-order valence-corrected chi connectivity index (χ1v) is 14.2. The number of Topliss-reactive ketones (excluding diaryl/α,β-unsaturated/α-hetero) is 1. The molecule has 1 aliphatic heterocycles. The van der Waals surface area contributed by atoms with Crippen molar-refractivity contribution < 1.29 is 14.7 Å². The van der Waals surface area contributed by atoms with Crippen LogP contribution in [0.25, 0.3) is 0 Å². The molecule has 0 unspecified atom stereocenters. The number of carbonyl (C=O) groups excluding carboxylic acids is 2. The van der Waals surface area contributed by atoms with E-state index in [1.54, 1.807) is 22.9 Å². The molecule has 0 spiro atoms. The van der Waals surface area contributed by atoms with E-state index < -0.39 is 0 Å². The number of ketones is 1. The highest BCUT2D eigenvalue weighted by Gasteiger charge is 2.29. The van der Waals surface area contributed by atoms with Gasteiger partial charge in [-0.15, -0.1) is 0 Å². The molecule has 2 aromatic carbocycles. The van der Waals surface area contributed by atoms with Crippen molar-refractivity contribution in [1.82, 2.24) is 14.0 Å². The summed E-state index contributed by atoms with van der Waals surface area (Å²) in [7, 11) is 0. The molecule has 0 aliphatic carbocycles. The molecule has 4 rings (SSSR count). The Labute approximate surface area is 239 Å². The Balaban J connectivity index is 1.79. The van der Waals surface area contributed by atoms with Crippen molar-refractivity contribution in [3.05, 3.63) is 82.2 Å². The van der Waals surface area contributed by atoms with Gasteiger partial charge in [-0.1, -0.05) is 71.9 Å². The maximum atomic E-state index is 13.8. The van der Waals surface area contributed by atoms with Gasteiger partial charge in [-0.25, -0.2) is 0 Å². The lowest BCUT2D eigenvalue weighted by molar-refractivity contribution is 0.0781. The summed E-state index contributed by atoms with van der Waals surface area (Å²) in [6.07, 6.45) is 3.73. The lowest BCUT2D eigenvalue weighted by Crippen LogP contribution is -2.33. The second-order valence-electron chi connectivity index (χ2n) is 12.4. The van der Waals surface area contributed by atoms with Crippen LogP contribution >= 0.6 is 16.1 Å². The van der Waals surface area contributed by atoms with E-state index in [9.17, 15) is 14.7 Å². The van der Waals surface area contributed by atoms with Crippen molar-refractivity contribution in [2.24, 2.45) is 4.02 Å². The molecule has 3 aromatic rings. The van der Waals surface area contributed by atoms with Crippen LogP contribution in [0.15, 0.2) is 52.7 Å². The van der Waals surface area contributed by atoms with E-state index in [2.05, 4.69) is 20.2 Å². The summed E-state index contributed by atoms with van der Waals surface area (Å²) in [5, 5.41) is 11.1. The van der Waals surface area contributed by atoms with Crippen molar-refractivity contribution in [3.8, 4) is 5.75 Å². The Morgan fingerprint density at radius 3 is 2.03 bits per heavy atom. The van der Waals surface area contributed by atoms with Crippen LogP contribution in [0.2, 0.25) is 0 Å². The second-order valence-corrected chi connectivity index (χ2v) is 12.8. The molecule has 1 amide bonds. The van der Waals surface area contributed by atoms with Crippen molar-refractivity contribution in [3.63, 3.8) is 0 Å². The van der Waals surface area contributed by atoms with Crippen LogP contribution in [0.5, 0.6) is 5.75 Å². The molecule has 0 radical (unpaired) electrons. The number of hydrogen-bond donors (Lipinski definition) is 1. The van der Waals surface area contributed by atoms with Crippen LogP contribution in [0.4, 0.5) is 0 Å². The van der Waals surface area contributed by atoms with Gasteiger partial charge in [0.05, 0.1) is 29.2 Å². The molecular formula is C31H39BrN4O3. The van der Waals surface area contributed by atoms with E-state index in [1.807, 2.05) is 81.3 Å². The molecule has 0 bridgehead atoms. The van der Waals surface area contributed by atoms with Gasteiger partial charge in [0.25, 0.3) is 5.91 Å². The van der Waals surface area contributed by atoms with Crippen LogP contribution in [0.1, 0.15) is 91.9 Å². The first-order chi connectivity index (χ1) is 18.3. The highest BCUT2D eigenvalue weighted by atomic mass is 79.9. The minimum atomic E-state index is -0.349. The molecule has 208 valence electrons. The number of aromatic nitrogens is 2. The lowest BCUT2D eigenvalue weighted by atomic mass is 9.78. The van der Waals surface area contributed by atoms with Gasteiger partial charge in [0.1, 0.15) is 11.4 Å². The summed E-state index contributed by atoms with van der Waals surface area (Å²) in [4.78, 5) is 29.2. The van der Waals surface area contributed by atoms with Crippen LogP contribution < -0.4 is 5.62 Å². The average Bonchev–Trinajstić information content (AvgIpc) is 3.51. The molecule has 8 heteroatoms. The lowest BCUT2D eigenvalue weighted by Gasteiger charge is -2.28. The van der Waals surface area contributed by atoms with E-state index in [4.69, 9.17) is 0 Å². The topological polar surface area (TPSA) is 79.8 Å². The predicted molar refractivity (Wildman–Crippen MR) is 157 cm³/mol. The zero-order valence-corrected chi connectivity index (χ0v) is 25.4. The third-order valence-electron chi connectivity index (χ3n) is 7.30. The van der Waals surface area contributed by atoms with Crippen molar-refractivity contribution in [2.75, 3.05) is 13.1 Å². The zero-order chi connectivity index (χ0) is 28.5. The molecule has 1 aromatic heterocycles. The fourth-order valence-electron chi connectivity index (χ4n) is 5.11. The number of rotatable bonds is 6. The van der Waals surface area contributed by atoms with E-state index in [-0.39, 0.29) is 34.8 Å². The fourth-order valence-corrected chi connectivity index (χ4v) is 5.50. The van der Waals surface area contributed by atoms with Gasteiger partial charge in [0.2, 0.25) is 5.62 Å². The van der Waals surface area contributed by atoms with E-state index in [0.717, 1.165) is 42.6 Å².